The van der Waals surface area contributed by atoms with E-state index in [9.17, 15) is 10.1 Å². The SMILES string of the molecule is CCOc1cc(-c2cc(NCCn3c(C#N)cc4c(OC)cccc43)ncn2)ccc1NCC(=O)O. The molecule has 0 spiro atoms. The third-order valence-corrected chi connectivity index (χ3v) is 5.56. The number of nitriles is 1. The molecule has 0 amide bonds. The van der Waals surface area contributed by atoms with Gasteiger partial charge < -0.3 is 29.8 Å². The Balaban J connectivity index is 1.50. The summed E-state index contributed by atoms with van der Waals surface area (Å²) in [7, 11) is 1.61. The Hall–Kier alpha value is -4.78. The third kappa shape index (κ3) is 5.31. The number of hydrogen-bond acceptors (Lipinski definition) is 8. The Morgan fingerprint density at radius 3 is 2.75 bits per heavy atom. The fourth-order valence-electron chi connectivity index (χ4n) is 3.95. The van der Waals surface area contributed by atoms with E-state index in [0.717, 1.165) is 22.2 Å². The summed E-state index contributed by atoms with van der Waals surface area (Å²) >= 11 is 0. The van der Waals surface area contributed by atoms with Gasteiger partial charge in [-0.3, -0.25) is 4.79 Å². The van der Waals surface area contributed by atoms with Crippen molar-refractivity contribution in [3.05, 3.63) is 60.6 Å². The highest BCUT2D eigenvalue weighted by Crippen LogP contribution is 2.31. The number of hydrogen-bond donors (Lipinski definition) is 3. The summed E-state index contributed by atoms with van der Waals surface area (Å²) in [6.45, 7) is 3.18. The van der Waals surface area contributed by atoms with Crippen molar-refractivity contribution in [2.75, 3.05) is 37.4 Å². The highest BCUT2D eigenvalue weighted by molar-refractivity contribution is 5.88. The van der Waals surface area contributed by atoms with Crippen molar-refractivity contribution >= 4 is 28.4 Å². The van der Waals surface area contributed by atoms with Gasteiger partial charge in [-0.05, 0) is 37.3 Å². The molecule has 10 heteroatoms. The number of nitrogens with one attached hydrogen (secondary N) is 2. The van der Waals surface area contributed by atoms with Crippen LogP contribution in [0.4, 0.5) is 11.5 Å². The molecule has 0 aliphatic rings. The van der Waals surface area contributed by atoms with Crippen molar-refractivity contribution in [3.63, 3.8) is 0 Å². The number of benzene rings is 2. The van der Waals surface area contributed by atoms with E-state index in [0.29, 0.717) is 48.3 Å². The summed E-state index contributed by atoms with van der Waals surface area (Å²) in [4.78, 5) is 19.6. The van der Waals surface area contributed by atoms with Gasteiger partial charge >= 0.3 is 5.97 Å². The molecule has 2 aromatic heterocycles. The summed E-state index contributed by atoms with van der Waals surface area (Å²) in [5.74, 6) is 0.954. The molecule has 4 aromatic rings. The first-order chi connectivity index (χ1) is 17.5. The van der Waals surface area contributed by atoms with E-state index in [4.69, 9.17) is 14.6 Å². The summed E-state index contributed by atoms with van der Waals surface area (Å²) in [5.41, 5.74) is 3.57. The number of aliphatic carboxylic acids is 1. The molecule has 184 valence electrons. The molecule has 0 aliphatic heterocycles. The lowest BCUT2D eigenvalue weighted by atomic mass is 10.1. The van der Waals surface area contributed by atoms with Gasteiger partial charge in [0.2, 0.25) is 0 Å². The van der Waals surface area contributed by atoms with Crippen LogP contribution in [0.25, 0.3) is 22.2 Å². The molecule has 0 bridgehead atoms. The fourth-order valence-corrected chi connectivity index (χ4v) is 3.95. The van der Waals surface area contributed by atoms with E-state index in [1.54, 1.807) is 13.2 Å². The average molecular weight is 487 g/mol. The molecular formula is C26H26N6O4. The number of aromatic nitrogens is 3. The van der Waals surface area contributed by atoms with E-state index in [-0.39, 0.29) is 6.54 Å². The quantitative estimate of drug-likeness (QED) is 0.288. The topological polar surface area (TPSA) is 134 Å². The Morgan fingerprint density at radius 1 is 1.14 bits per heavy atom. The number of fused-ring (bicyclic) bond motifs is 1. The van der Waals surface area contributed by atoms with Gasteiger partial charge in [-0.15, -0.1) is 0 Å². The zero-order chi connectivity index (χ0) is 25.5. The molecule has 2 heterocycles. The first kappa shape index (κ1) is 24.3. The van der Waals surface area contributed by atoms with Crippen LogP contribution >= 0.6 is 0 Å². The number of rotatable bonds is 11. The second-order valence-corrected chi connectivity index (χ2v) is 7.79. The van der Waals surface area contributed by atoms with Gasteiger partial charge in [0, 0.05) is 30.1 Å². The van der Waals surface area contributed by atoms with Crippen LogP contribution in [0.5, 0.6) is 11.5 Å². The van der Waals surface area contributed by atoms with Crippen molar-refractivity contribution in [1.29, 1.82) is 5.26 Å². The minimum Gasteiger partial charge on any atom is -0.496 e. The second kappa shape index (κ2) is 11.1. The number of carboxylic acids is 1. The maximum Gasteiger partial charge on any atom is 0.322 e. The predicted molar refractivity (Wildman–Crippen MR) is 136 cm³/mol. The Labute approximate surface area is 208 Å². The highest BCUT2D eigenvalue weighted by atomic mass is 16.5. The lowest BCUT2D eigenvalue weighted by Gasteiger charge is -2.13. The number of anilines is 2. The Kier molecular flexibility index (Phi) is 7.51. The van der Waals surface area contributed by atoms with Gasteiger partial charge in [-0.25, -0.2) is 9.97 Å². The van der Waals surface area contributed by atoms with E-state index in [1.165, 1.54) is 6.33 Å². The van der Waals surface area contributed by atoms with Gasteiger partial charge in [0.15, 0.2) is 0 Å². The van der Waals surface area contributed by atoms with Crippen LogP contribution in [-0.4, -0.2) is 52.4 Å². The summed E-state index contributed by atoms with van der Waals surface area (Å²) in [5, 5.41) is 25.6. The van der Waals surface area contributed by atoms with Gasteiger partial charge in [0.25, 0.3) is 0 Å². The van der Waals surface area contributed by atoms with E-state index in [2.05, 4.69) is 26.7 Å². The molecule has 0 atom stereocenters. The average Bonchev–Trinajstić information content (AvgIpc) is 3.26. The first-order valence-corrected chi connectivity index (χ1v) is 11.4. The molecule has 0 fully saturated rings. The largest absolute Gasteiger partial charge is 0.496 e. The molecule has 0 aliphatic carbocycles. The number of methoxy groups -OCH3 is 1. The standard InChI is InChI=1S/C26H26N6O4/c1-3-36-24-11-17(7-8-20(24)29-15-26(33)34)21-13-25(31-16-30-21)28-9-10-32-18(14-27)12-19-22(32)5-4-6-23(19)35-2/h4-8,11-13,16,29H,3,9-10,15H2,1-2H3,(H,33,34)(H,28,30,31). The maximum absolute atomic E-state index is 10.9. The second-order valence-electron chi connectivity index (χ2n) is 7.79. The number of carboxylic acid groups (broad SMARTS) is 1. The van der Waals surface area contributed by atoms with Crippen LogP contribution in [-0.2, 0) is 11.3 Å². The van der Waals surface area contributed by atoms with Crippen molar-refractivity contribution < 1.29 is 19.4 Å². The molecule has 2 aromatic carbocycles. The molecule has 0 radical (unpaired) electrons. The highest BCUT2D eigenvalue weighted by Gasteiger charge is 2.13. The van der Waals surface area contributed by atoms with Crippen molar-refractivity contribution in [2.45, 2.75) is 13.5 Å². The van der Waals surface area contributed by atoms with E-state index in [1.807, 2.05) is 54.0 Å². The number of nitrogens with zero attached hydrogens (tertiary/aromatic N) is 4. The molecule has 0 unspecified atom stereocenters. The van der Waals surface area contributed by atoms with Crippen LogP contribution < -0.4 is 20.1 Å². The summed E-state index contributed by atoms with van der Waals surface area (Å²) < 4.78 is 13.1. The van der Waals surface area contributed by atoms with Crippen LogP contribution in [0.1, 0.15) is 12.6 Å². The third-order valence-electron chi connectivity index (χ3n) is 5.56. The monoisotopic (exact) mass is 486 g/mol. The minimum absolute atomic E-state index is 0.210. The molecule has 4 rings (SSSR count). The molecule has 10 nitrogen and oxygen atoms in total. The van der Waals surface area contributed by atoms with Gasteiger partial charge in [-0.2, -0.15) is 5.26 Å². The minimum atomic E-state index is -0.957. The lowest BCUT2D eigenvalue weighted by molar-refractivity contribution is -0.134. The van der Waals surface area contributed by atoms with Gasteiger partial charge in [-0.1, -0.05) is 12.1 Å². The molecule has 3 N–H and O–H groups in total. The number of ether oxygens (including phenoxy) is 2. The Bertz CT molecular complexity index is 1430. The number of carbonyl (C=O) groups is 1. The van der Waals surface area contributed by atoms with Crippen LogP contribution in [0.3, 0.4) is 0 Å². The first-order valence-electron chi connectivity index (χ1n) is 11.4. The van der Waals surface area contributed by atoms with Crippen LogP contribution in [0.2, 0.25) is 0 Å². The van der Waals surface area contributed by atoms with Crippen LogP contribution in [0, 0.1) is 11.3 Å². The zero-order valence-electron chi connectivity index (χ0n) is 20.0. The molecule has 36 heavy (non-hydrogen) atoms. The van der Waals surface area contributed by atoms with Crippen molar-refractivity contribution in [1.82, 2.24) is 14.5 Å². The van der Waals surface area contributed by atoms with Crippen LogP contribution in [0.15, 0.2) is 54.9 Å². The van der Waals surface area contributed by atoms with Crippen molar-refractivity contribution in [2.24, 2.45) is 0 Å². The van der Waals surface area contributed by atoms with Gasteiger partial charge in [0.1, 0.15) is 42.0 Å². The maximum atomic E-state index is 10.9. The lowest BCUT2D eigenvalue weighted by Crippen LogP contribution is -2.13. The van der Waals surface area contributed by atoms with E-state index < -0.39 is 5.97 Å². The normalized spacial score (nSPS) is 10.6. The molecule has 0 saturated heterocycles. The predicted octanol–water partition coefficient (Wildman–Crippen LogP) is 3.99. The smallest absolute Gasteiger partial charge is 0.322 e. The fraction of sp³-hybridized carbons (Fsp3) is 0.231. The summed E-state index contributed by atoms with van der Waals surface area (Å²) in [6.07, 6.45) is 1.48. The van der Waals surface area contributed by atoms with Gasteiger partial charge in [0.05, 0.1) is 30.6 Å². The zero-order valence-corrected chi connectivity index (χ0v) is 20.0. The summed E-state index contributed by atoms with van der Waals surface area (Å²) in [6, 6.07) is 17.1. The van der Waals surface area contributed by atoms with E-state index >= 15 is 0 Å². The molecule has 0 saturated carbocycles. The van der Waals surface area contributed by atoms with Crippen molar-refractivity contribution in [3.8, 4) is 28.8 Å². The molecular weight excluding hydrogens is 460 g/mol. The Morgan fingerprint density at radius 2 is 2.00 bits per heavy atom.